The van der Waals surface area contributed by atoms with E-state index < -0.39 is 0 Å². The van der Waals surface area contributed by atoms with E-state index in [9.17, 15) is 4.79 Å². The molecule has 33 heavy (non-hydrogen) atoms. The molecule has 0 spiro atoms. The van der Waals surface area contributed by atoms with Gasteiger partial charge in [0.2, 0.25) is 0 Å². The number of aromatic nitrogens is 4. The molecule has 1 aromatic carbocycles. The third-order valence-corrected chi connectivity index (χ3v) is 6.00. The van der Waals surface area contributed by atoms with Gasteiger partial charge in [0.25, 0.3) is 5.91 Å². The first kappa shape index (κ1) is 21.3. The summed E-state index contributed by atoms with van der Waals surface area (Å²) in [5.74, 6) is 1.45. The molecule has 4 heterocycles. The van der Waals surface area contributed by atoms with E-state index in [2.05, 4.69) is 19.9 Å². The Balaban J connectivity index is 1.28. The Bertz CT molecular complexity index is 1240. The summed E-state index contributed by atoms with van der Waals surface area (Å²) in [5, 5.41) is 0.709. The fraction of sp³-hybridized carbons (Fsp3) is 0.240. The van der Waals surface area contributed by atoms with Crippen LogP contribution in [-0.4, -0.2) is 43.8 Å². The average molecular weight is 460 g/mol. The SMILES string of the molecule is O=C(c1cccc(-c2cncnc2)n1)N1CCCC(c2ncc(Cc3ccc(Cl)cc3)o2)C1. The minimum Gasteiger partial charge on any atom is -0.445 e. The molecular weight excluding hydrogens is 438 g/mol. The first-order valence-corrected chi connectivity index (χ1v) is 11.2. The van der Waals surface area contributed by atoms with Gasteiger partial charge in [-0.25, -0.2) is 19.9 Å². The summed E-state index contributed by atoms with van der Waals surface area (Å²) in [4.78, 5) is 32.2. The van der Waals surface area contributed by atoms with Crippen LogP contribution in [0.25, 0.3) is 11.3 Å². The van der Waals surface area contributed by atoms with Crippen LogP contribution in [0.5, 0.6) is 0 Å². The van der Waals surface area contributed by atoms with E-state index in [-0.39, 0.29) is 11.8 Å². The Morgan fingerprint density at radius 3 is 2.73 bits per heavy atom. The molecule has 0 aliphatic carbocycles. The second-order valence-corrected chi connectivity index (χ2v) is 8.53. The molecule has 7 nitrogen and oxygen atoms in total. The zero-order valence-electron chi connectivity index (χ0n) is 17.9. The number of halogens is 1. The largest absolute Gasteiger partial charge is 0.445 e. The minimum atomic E-state index is -0.0913. The lowest BCUT2D eigenvalue weighted by molar-refractivity contribution is 0.0692. The number of piperidine rings is 1. The lowest BCUT2D eigenvalue weighted by Gasteiger charge is -2.31. The number of rotatable bonds is 5. The molecule has 1 saturated heterocycles. The molecule has 1 unspecified atom stereocenters. The standard InChI is InChI=1S/C25H22ClN5O2/c26-20-8-6-17(7-9-20)11-21-14-29-24(33-21)18-3-2-10-31(15-18)25(32)23-5-1-4-22(30-23)19-12-27-16-28-13-19/h1,4-9,12-14,16,18H,2-3,10-11,15H2. The van der Waals surface area contributed by atoms with Gasteiger partial charge < -0.3 is 9.32 Å². The molecule has 3 aromatic heterocycles. The molecule has 8 heteroatoms. The lowest BCUT2D eigenvalue weighted by Crippen LogP contribution is -2.39. The Labute approximate surface area is 196 Å². The van der Waals surface area contributed by atoms with Crippen LogP contribution < -0.4 is 0 Å². The molecule has 166 valence electrons. The van der Waals surface area contributed by atoms with Crippen LogP contribution in [0.2, 0.25) is 5.02 Å². The molecule has 0 radical (unpaired) electrons. The van der Waals surface area contributed by atoms with Crippen molar-refractivity contribution in [3.05, 3.63) is 95.3 Å². The van der Waals surface area contributed by atoms with Crippen LogP contribution in [0.15, 0.2) is 71.8 Å². The van der Waals surface area contributed by atoms with E-state index >= 15 is 0 Å². The van der Waals surface area contributed by atoms with Crippen molar-refractivity contribution < 1.29 is 9.21 Å². The van der Waals surface area contributed by atoms with Gasteiger partial charge in [-0.3, -0.25) is 4.79 Å². The number of carbonyl (C=O) groups excluding carboxylic acids is 1. The van der Waals surface area contributed by atoms with Crippen molar-refractivity contribution in [2.45, 2.75) is 25.2 Å². The maximum atomic E-state index is 13.2. The predicted octanol–water partition coefficient (Wildman–Crippen LogP) is 4.79. The summed E-state index contributed by atoms with van der Waals surface area (Å²) < 4.78 is 6.06. The first-order valence-electron chi connectivity index (χ1n) is 10.9. The second-order valence-electron chi connectivity index (χ2n) is 8.09. The van der Waals surface area contributed by atoms with Crippen molar-refractivity contribution in [2.24, 2.45) is 0 Å². The van der Waals surface area contributed by atoms with Crippen LogP contribution in [0, 0.1) is 0 Å². The summed E-state index contributed by atoms with van der Waals surface area (Å²) in [6.45, 7) is 1.24. The summed E-state index contributed by atoms with van der Waals surface area (Å²) in [6, 6.07) is 13.1. The number of amides is 1. The molecule has 4 aromatic rings. The van der Waals surface area contributed by atoms with Gasteiger partial charge in [0.05, 0.1) is 17.8 Å². The quantitative estimate of drug-likeness (QED) is 0.426. The number of benzene rings is 1. The molecule has 1 atom stereocenters. The van der Waals surface area contributed by atoms with Crippen molar-refractivity contribution in [2.75, 3.05) is 13.1 Å². The molecular formula is C25H22ClN5O2. The molecule has 1 aliphatic rings. The second kappa shape index (κ2) is 9.50. The number of oxazole rings is 1. The van der Waals surface area contributed by atoms with Gasteiger partial charge >= 0.3 is 0 Å². The minimum absolute atomic E-state index is 0.0624. The van der Waals surface area contributed by atoms with Gasteiger partial charge in [-0.05, 0) is 42.7 Å². The Morgan fingerprint density at radius 2 is 1.91 bits per heavy atom. The zero-order chi connectivity index (χ0) is 22.6. The highest BCUT2D eigenvalue weighted by molar-refractivity contribution is 6.30. The highest BCUT2D eigenvalue weighted by Gasteiger charge is 2.29. The van der Waals surface area contributed by atoms with Crippen molar-refractivity contribution >= 4 is 17.5 Å². The van der Waals surface area contributed by atoms with Crippen LogP contribution >= 0.6 is 11.6 Å². The van der Waals surface area contributed by atoms with Crippen molar-refractivity contribution in [3.8, 4) is 11.3 Å². The van der Waals surface area contributed by atoms with E-state index in [1.165, 1.54) is 6.33 Å². The molecule has 5 rings (SSSR count). The molecule has 0 bridgehead atoms. The highest BCUT2D eigenvalue weighted by Crippen LogP contribution is 2.28. The molecule has 1 amide bonds. The predicted molar refractivity (Wildman–Crippen MR) is 124 cm³/mol. The van der Waals surface area contributed by atoms with Gasteiger partial charge in [-0.2, -0.15) is 0 Å². The number of likely N-dealkylation sites (tertiary alicyclic amines) is 1. The van der Waals surface area contributed by atoms with E-state index in [0.29, 0.717) is 41.8 Å². The van der Waals surface area contributed by atoms with E-state index in [1.54, 1.807) is 24.7 Å². The third-order valence-electron chi connectivity index (χ3n) is 5.75. The normalized spacial score (nSPS) is 16.0. The van der Waals surface area contributed by atoms with Gasteiger partial charge in [0.1, 0.15) is 17.8 Å². The molecule has 1 fully saturated rings. The first-order chi connectivity index (χ1) is 16.2. The Hall–Kier alpha value is -3.58. The zero-order valence-corrected chi connectivity index (χ0v) is 18.7. The summed E-state index contributed by atoms with van der Waals surface area (Å²) in [7, 11) is 0. The fourth-order valence-corrected chi connectivity index (χ4v) is 4.19. The topological polar surface area (TPSA) is 85.0 Å². The van der Waals surface area contributed by atoms with Crippen molar-refractivity contribution in [3.63, 3.8) is 0 Å². The maximum Gasteiger partial charge on any atom is 0.272 e. The molecule has 0 N–H and O–H groups in total. The van der Waals surface area contributed by atoms with Crippen LogP contribution in [-0.2, 0) is 6.42 Å². The summed E-state index contributed by atoms with van der Waals surface area (Å²) >= 11 is 5.97. The third kappa shape index (κ3) is 4.93. The average Bonchev–Trinajstić information content (AvgIpc) is 3.34. The molecule has 1 aliphatic heterocycles. The number of hydrogen-bond acceptors (Lipinski definition) is 6. The van der Waals surface area contributed by atoms with Crippen LogP contribution in [0.3, 0.4) is 0 Å². The van der Waals surface area contributed by atoms with Gasteiger partial charge in [-0.15, -0.1) is 0 Å². The maximum absolute atomic E-state index is 13.2. The Morgan fingerprint density at radius 1 is 1.09 bits per heavy atom. The number of hydrogen-bond donors (Lipinski definition) is 0. The number of nitrogens with zero attached hydrogens (tertiary/aromatic N) is 5. The fourth-order valence-electron chi connectivity index (χ4n) is 4.07. The van der Waals surface area contributed by atoms with E-state index in [4.69, 9.17) is 16.0 Å². The number of pyridine rings is 1. The number of carbonyl (C=O) groups is 1. The monoisotopic (exact) mass is 459 g/mol. The van der Waals surface area contributed by atoms with E-state index in [0.717, 1.165) is 29.7 Å². The van der Waals surface area contributed by atoms with Crippen molar-refractivity contribution in [1.29, 1.82) is 0 Å². The lowest BCUT2D eigenvalue weighted by atomic mass is 9.97. The van der Waals surface area contributed by atoms with Gasteiger partial charge in [0, 0.05) is 42.5 Å². The molecule has 0 saturated carbocycles. The smallest absolute Gasteiger partial charge is 0.272 e. The van der Waals surface area contributed by atoms with Crippen molar-refractivity contribution in [1.82, 2.24) is 24.8 Å². The highest BCUT2D eigenvalue weighted by atomic mass is 35.5. The Kier molecular flexibility index (Phi) is 6.13. The summed E-state index contributed by atoms with van der Waals surface area (Å²) in [6.07, 6.45) is 9.08. The summed E-state index contributed by atoms with van der Waals surface area (Å²) in [5.41, 5.74) is 2.97. The van der Waals surface area contributed by atoms with Gasteiger partial charge in [0.15, 0.2) is 5.89 Å². The van der Waals surface area contributed by atoms with E-state index in [1.807, 2.05) is 41.3 Å². The van der Waals surface area contributed by atoms with Gasteiger partial charge in [-0.1, -0.05) is 29.8 Å². The van der Waals surface area contributed by atoms with Crippen LogP contribution in [0.4, 0.5) is 0 Å². The van der Waals surface area contributed by atoms with Crippen LogP contribution in [0.1, 0.15) is 46.5 Å².